The van der Waals surface area contributed by atoms with Gasteiger partial charge < -0.3 is 4.74 Å². The van der Waals surface area contributed by atoms with E-state index in [2.05, 4.69) is 0 Å². The number of ether oxygens (including phenoxy) is 1. The van der Waals surface area contributed by atoms with Gasteiger partial charge >= 0.3 is 0 Å². The van der Waals surface area contributed by atoms with Crippen LogP contribution in [-0.4, -0.2) is 12.4 Å². The summed E-state index contributed by atoms with van der Waals surface area (Å²) in [5, 5.41) is 1.55. The third-order valence-corrected chi connectivity index (χ3v) is 2.49. The van der Waals surface area contributed by atoms with Crippen molar-refractivity contribution in [3.63, 3.8) is 0 Å². The number of carbonyl (C=O) groups excluding carboxylic acids is 1. The molecule has 0 fully saturated rings. The molecule has 0 aliphatic heterocycles. The molecule has 76 valence electrons. The first-order valence-electron chi connectivity index (χ1n) is 4.48. The molecule has 0 N–H and O–H groups in total. The maximum atomic E-state index is 11.0. The quantitative estimate of drug-likeness (QED) is 0.727. The van der Waals surface area contributed by atoms with Gasteiger partial charge in [-0.05, 0) is 46.6 Å². The second-order valence-corrected chi connectivity index (χ2v) is 3.54. The van der Waals surface area contributed by atoms with Gasteiger partial charge in [0, 0.05) is 5.56 Å². The Morgan fingerprint density at radius 1 is 1.13 bits per heavy atom. The lowest BCUT2D eigenvalue weighted by molar-refractivity contribution is 0.108. The third kappa shape index (κ3) is 1.95. The van der Waals surface area contributed by atoms with Gasteiger partial charge in [0.2, 0.25) is 0 Å². The molecule has 0 spiro atoms. The number of halogens is 1. The normalized spacial score (nSPS) is 10.3. The molecule has 0 saturated carbocycles. The molecule has 0 unspecified atom stereocenters. The van der Waals surface area contributed by atoms with Crippen molar-refractivity contribution in [3.05, 3.63) is 42.0 Å². The van der Waals surface area contributed by atoms with Gasteiger partial charge in [0.1, 0.15) is 5.75 Å². The van der Waals surface area contributed by atoms with Gasteiger partial charge in [-0.2, -0.15) is 0 Å². The van der Waals surface area contributed by atoms with Gasteiger partial charge in [-0.3, -0.25) is 4.79 Å². The molecule has 0 aromatic heterocycles. The fourth-order valence-corrected chi connectivity index (χ4v) is 1.59. The minimum atomic E-state index is -0.445. The highest BCUT2D eigenvalue weighted by Gasteiger charge is 2.03. The minimum Gasteiger partial charge on any atom is -0.497 e. The van der Waals surface area contributed by atoms with Gasteiger partial charge in [0.25, 0.3) is 5.24 Å². The van der Waals surface area contributed by atoms with Crippen molar-refractivity contribution >= 4 is 27.6 Å². The lowest BCUT2D eigenvalue weighted by Gasteiger charge is -2.03. The summed E-state index contributed by atoms with van der Waals surface area (Å²) in [7, 11) is 1.61. The van der Waals surface area contributed by atoms with Crippen LogP contribution >= 0.6 is 11.6 Å². The number of methoxy groups -OCH3 is 1. The van der Waals surface area contributed by atoms with Crippen LogP contribution in [0.2, 0.25) is 0 Å². The van der Waals surface area contributed by atoms with Gasteiger partial charge in [-0.25, -0.2) is 0 Å². The van der Waals surface area contributed by atoms with Crippen molar-refractivity contribution in [2.75, 3.05) is 7.11 Å². The number of hydrogen-bond donors (Lipinski definition) is 0. The van der Waals surface area contributed by atoms with Crippen molar-refractivity contribution in [1.82, 2.24) is 0 Å². The predicted molar refractivity (Wildman–Crippen MR) is 60.7 cm³/mol. The Morgan fingerprint density at radius 2 is 1.87 bits per heavy atom. The Hall–Kier alpha value is -1.54. The summed E-state index contributed by atoms with van der Waals surface area (Å²) in [6.07, 6.45) is 0. The van der Waals surface area contributed by atoms with Gasteiger partial charge in [0.15, 0.2) is 0 Å². The van der Waals surface area contributed by atoms with E-state index in [-0.39, 0.29) is 0 Å². The highest BCUT2D eigenvalue weighted by molar-refractivity contribution is 6.67. The van der Waals surface area contributed by atoms with E-state index in [0.29, 0.717) is 5.56 Å². The maximum absolute atomic E-state index is 11.0. The Bertz CT molecular complexity index is 520. The summed E-state index contributed by atoms with van der Waals surface area (Å²) in [6, 6.07) is 11.0. The number of fused-ring (bicyclic) bond motifs is 1. The number of hydrogen-bond acceptors (Lipinski definition) is 2. The molecule has 0 heterocycles. The van der Waals surface area contributed by atoms with Crippen LogP contribution in [0.5, 0.6) is 5.75 Å². The fourth-order valence-electron chi connectivity index (χ4n) is 1.47. The Morgan fingerprint density at radius 3 is 2.53 bits per heavy atom. The van der Waals surface area contributed by atoms with Crippen molar-refractivity contribution in [2.24, 2.45) is 0 Å². The molecule has 2 nitrogen and oxygen atoms in total. The van der Waals surface area contributed by atoms with Crippen LogP contribution in [0, 0.1) is 0 Å². The molecule has 2 aromatic carbocycles. The second kappa shape index (κ2) is 3.91. The minimum absolute atomic E-state index is 0.445. The zero-order chi connectivity index (χ0) is 10.8. The standard InChI is InChI=1S/C12H9ClO2/c1-15-11-5-4-8-2-3-9(12(13)14)6-10(8)7-11/h2-7H,1H3. The molecule has 0 atom stereocenters. The summed E-state index contributed by atoms with van der Waals surface area (Å²) in [5.74, 6) is 0.765. The summed E-state index contributed by atoms with van der Waals surface area (Å²) < 4.78 is 5.10. The van der Waals surface area contributed by atoms with E-state index < -0.39 is 5.24 Å². The largest absolute Gasteiger partial charge is 0.497 e. The molecular weight excluding hydrogens is 212 g/mol. The first kappa shape index (κ1) is 9.99. The molecule has 0 saturated heterocycles. The molecule has 2 aromatic rings. The maximum Gasteiger partial charge on any atom is 0.252 e. The van der Waals surface area contributed by atoms with Crippen LogP contribution in [0.3, 0.4) is 0 Å². The second-order valence-electron chi connectivity index (χ2n) is 3.20. The van der Waals surface area contributed by atoms with E-state index in [1.807, 2.05) is 24.3 Å². The Labute approximate surface area is 92.4 Å². The molecule has 2 rings (SSSR count). The highest BCUT2D eigenvalue weighted by Crippen LogP contribution is 2.22. The van der Waals surface area contributed by atoms with E-state index in [1.54, 1.807) is 19.2 Å². The fraction of sp³-hybridized carbons (Fsp3) is 0.0833. The van der Waals surface area contributed by atoms with E-state index in [4.69, 9.17) is 16.3 Å². The van der Waals surface area contributed by atoms with Gasteiger partial charge in [-0.15, -0.1) is 0 Å². The average Bonchev–Trinajstić information content (AvgIpc) is 2.27. The summed E-state index contributed by atoms with van der Waals surface area (Å²) >= 11 is 5.41. The molecule has 15 heavy (non-hydrogen) atoms. The van der Waals surface area contributed by atoms with E-state index in [1.165, 1.54) is 0 Å². The molecule has 0 bridgehead atoms. The topological polar surface area (TPSA) is 26.3 Å². The first-order valence-corrected chi connectivity index (χ1v) is 4.86. The van der Waals surface area contributed by atoms with Crippen molar-refractivity contribution in [2.45, 2.75) is 0 Å². The van der Waals surface area contributed by atoms with E-state index in [0.717, 1.165) is 16.5 Å². The van der Waals surface area contributed by atoms with Crippen LogP contribution in [0.4, 0.5) is 0 Å². The zero-order valence-corrected chi connectivity index (χ0v) is 8.91. The lowest BCUT2D eigenvalue weighted by atomic mass is 10.1. The summed E-state index contributed by atoms with van der Waals surface area (Å²) in [4.78, 5) is 11.0. The first-order chi connectivity index (χ1) is 7.20. The molecule has 0 aliphatic rings. The van der Waals surface area contributed by atoms with Crippen LogP contribution in [0.15, 0.2) is 36.4 Å². The number of benzene rings is 2. The van der Waals surface area contributed by atoms with Gasteiger partial charge in [0.05, 0.1) is 7.11 Å². The molecule has 0 amide bonds. The Kier molecular flexibility index (Phi) is 2.60. The number of rotatable bonds is 2. The summed E-state index contributed by atoms with van der Waals surface area (Å²) in [6.45, 7) is 0. The Balaban J connectivity index is 2.62. The molecule has 3 heteroatoms. The lowest BCUT2D eigenvalue weighted by Crippen LogP contribution is -1.88. The van der Waals surface area contributed by atoms with E-state index >= 15 is 0 Å². The highest BCUT2D eigenvalue weighted by atomic mass is 35.5. The van der Waals surface area contributed by atoms with Crippen molar-refractivity contribution in [3.8, 4) is 5.75 Å². The number of carbonyl (C=O) groups is 1. The van der Waals surface area contributed by atoms with Crippen LogP contribution in [0.25, 0.3) is 10.8 Å². The predicted octanol–water partition coefficient (Wildman–Crippen LogP) is 3.23. The zero-order valence-electron chi connectivity index (χ0n) is 8.16. The van der Waals surface area contributed by atoms with Crippen LogP contribution < -0.4 is 4.74 Å². The van der Waals surface area contributed by atoms with Crippen LogP contribution in [0.1, 0.15) is 10.4 Å². The molecular formula is C12H9ClO2. The smallest absolute Gasteiger partial charge is 0.252 e. The molecule has 0 aliphatic carbocycles. The monoisotopic (exact) mass is 220 g/mol. The van der Waals surface area contributed by atoms with Crippen molar-refractivity contribution < 1.29 is 9.53 Å². The summed E-state index contributed by atoms with van der Waals surface area (Å²) in [5.41, 5.74) is 0.498. The van der Waals surface area contributed by atoms with Crippen molar-refractivity contribution in [1.29, 1.82) is 0 Å². The SMILES string of the molecule is COc1ccc2ccc(C(=O)Cl)cc2c1. The third-order valence-electron chi connectivity index (χ3n) is 2.27. The van der Waals surface area contributed by atoms with Gasteiger partial charge in [-0.1, -0.05) is 12.1 Å². The molecule has 0 radical (unpaired) electrons. The average molecular weight is 221 g/mol. The van der Waals surface area contributed by atoms with Crippen LogP contribution in [-0.2, 0) is 0 Å². The van der Waals surface area contributed by atoms with E-state index in [9.17, 15) is 4.79 Å².